The van der Waals surface area contributed by atoms with Gasteiger partial charge in [-0.1, -0.05) is 11.6 Å². The van der Waals surface area contributed by atoms with E-state index in [9.17, 15) is 4.79 Å². The number of hydrogen-bond acceptors (Lipinski definition) is 3. The van der Waals surface area contributed by atoms with Crippen LogP contribution in [0.15, 0.2) is 35.0 Å². The fourth-order valence-corrected chi connectivity index (χ4v) is 2.54. The average Bonchev–Trinajstić information content (AvgIpc) is 2.91. The molecule has 0 aliphatic rings. The molecular weight excluding hydrogens is 280 g/mol. The first-order valence-corrected chi connectivity index (χ1v) is 7.33. The summed E-state index contributed by atoms with van der Waals surface area (Å²) in [6, 6.07) is 7.01. The first kappa shape index (κ1) is 13.9. The van der Waals surface area contributed by atoms with Crippen molar-refractivity contribution in [1.82, 2.24) is 5.32 Å². The van der Waals surface area contributed by atoms with Crippen LogP contribution in [-0.2, 0) is 6.42 Å². The highest BCUT2D eigenvalue weighted by Crippen LogP contribution is 2.19. The van der Waals surface area contributed by atoms with Crippen molar-refractivity contribution in [3.8, 4) is 0 Å². The van der Waals surface area contributed by atoms with Gasteiger partial charge < -0.3 is 11.1 Å². The van der Waals surface area contributed by atoms with Crippen LogP contribution in [0.25, 0.3) is 0 Å². The Hall–Kier alpha value is -1.52. The van der Waals surface area contributed by atoms with Gasteiger partial charge in [-0.3, -0.25) is 4.79 Å². The molecule has 0 unspecified atom stereocenters. The highest BCUT2D eigenvalue weighted by molar-refractivity contribution is 7.07. The second kappa shape index (κ2) is 6.59. The van der Waals surface area contributed by atoms with E-state index >= 15 is 0 Å². The number of anilines is 1. The number of nitrogen functional groups attached to an aromatic ring is 1. The van der Waals surface area contributed by atoms with Gasteiger partial charge in [-0.05, 0) is 53.4 Å². The molecule has 100 valence electrons. The van der Waals surface area contributed by atoms with Crippen molar-refractivity contribution in [2.45, 2.75) is 12.8 Å². The maximum absolute atomic E-state index is 11.9. The molecular formula is C14H15ClN2OS. The topological polar surface area (TPSA) is 55.1 Å². The molecule has 0 saturated carbocycles. The van der Waals surface area contributed by atoms with Crippen molar-refractivity contribution in [3.63, 3.8) is 0 Å². The smallest absolute Gasteiger partial charge is 0.251 e. The number of hydrogen-bond donors (Lipinski definition) is 2. The number of nitrogens with one attached hydrogen (secondary N) is 1. The summed E-state index contributed by atoms with van der Waals surface area (Å²) in [6.45, 7) is 0.650. The average molecular weight is 295 g/mol. The summed E-state index contributed by atoms with van der Waals surface area (Å²) >= 11 is 7.50. The number of thiophene rings is 1. The Morgan fingerprint density at radius 2 is 2.21 bits per heavy atom. The van der Waals surface area contributed by atoms with Gasteiger partial charge in [0.1, 0.15) is 0 Å². The second-order valence-electron chi connectivity index (χ2n) is 4.23. The Balaban J connectivity index is 1.79. The molecule has 3 N–H and O–H groups in total. The first-order valence-electron chi connectivity index (χ1n) is 6.01. The fraction of sp³-hybridized carbons (Fsp3) is 0.214. The van der Waals surface area contributed by atoms with Crippen molar-refractivity contribution in [1.29, 1.82) is 0 Å². The SMILES string of the molecule is Nc1cc(C(=O)NCCCc2ccsc2)ccc1Cl. The van der Waals surface area contributed by atoms with Gasteiger partial charge in [0.2, 0.25) is 0 Å². The van der Waals surface area contributed by atoms with Crippen LogP contribution >= 0.6 is 22.9 Å². The molecule has 0 saturated heterocycles. The van der Waals surface area contributed by atoms with Gasteiger partial charge in [-0.2, -0.15) is 11.3 Å². The highest BCUT2D eigenvalue weighted by Gasteiger charge is 2.06. The van der Waals surface area contributed by atoms with Crippen LogP contribution in [0.2, 0.25) is 5.02 Å². The molecule has 5 heteroatoms. The third-order valence-electron chi connectivity index (χ3n) is 2.77. The zero-order valence-corrected chi connectivity index (χ0v) is 11.9. The number of rotatable bonds is 5. The number of aryl methyl sites for hydroxylation is 1. The highest BCUT2D eigenvalue weighted by atomic mass is 35.5. The van der Waals surface area contributed by atoms with Crippen LogP contribution < -0.4 is 11.1 Å². The fourth-order valence-electron chi connectivity index (χ4n) is 1.72. The van der Waals surface area contributed by atoms with Crippen LogP contribution in [0.4, 0.5) is 5.69 Å². The van der Waals surface area contributed by atoms with E-state index in [0.29, 0.717) is 22.8 Å². The van der Waals surface area contributed by atoms with Gasteiger partial charge >= 0.3 is 0 Å². The number of carbonyl (C=O) groups excluding carboxylic acids is 1. The molecule has 1 aromatic heterocycles. The molecule has 0 bridgehead atoms. The monoisotopic (exact) mass is 294 g/mol. The van der Waals surface area contributed by atoms with E-state index < -0.39 is 0 Å². The lowest BCUT2D eigenvalue weighted by atomic mass is 10.1. The van der Waals surface area contributed by atoms with Gasteiger partial charge in [-0.25, -0.2) is 0 Å². The molecule has 1 amide bonds. The molecule has 3 nitrogen and oxygen atoms in total. The van der Waals surface area contributed by atoms with Crippen LogP contribution in [0.5, 0.6) is 0 Å². The van der Waals surface area contributed by atoms with Crippen molar-refractivity contribution in [2.24, 2.45) is 0 Å². The summed E-state index contributed by atoms with van der Waals surface area (Å²) in [5, 5.41) is 7.53. The molecule has 1 heterocycles. The number of benzene rings is 1. The van der Waals surface area contributed by atoms with Crippen LogP contribution in [0.3, 0.4) is 0 Å². The second-order valence-corrected chi connectivity index (χ2v) is 5.41. The van der Waals surface area contributed by atoms with E-state index in [1.165, 1.54) is 5.56 Å². The predicted molar refractivity (Wildman–Crippen MR) is 80.8 cm³/mol. The van der Waals surface area contributed by atoms with Gasteiger partial charge in [0.05, 0.1) is 10.7 Å². The zero-order valence-electron chi connectivity index (χ0n) is 10.4. The van der Waals surface area contributed by atoms with Crippen molar-refractivity contribution >= 4 is 34.5 Å². The Labute approximate surface area is 121 Å². The summed E-state index contributed by atoms with van der Waals surface area (Å²) in [5.41, 5.74) is 7.94. The van der Waals surface area contributed by atoms with Crippen LogP contribution in [-0.4, -0.2) is 12.5 Å². The summed E-state index contributed by atoms with van der Waals surface area (Å²) < 4.78 is 0. The molecule has 2 rings (SSSR count). The molecule has 19 heavy (non-hydrogen) atoms. The Bertz CT molecular complexity index is 555. The maximum Gasteiger partial charge on any atom is 0.251 e. The van der Waals surface area contributed by atoms with E-state index in [4.69, 9.17) is 17.3 Å². The van der Waals surface area contributed by atoms with Gasteiger partial charge in [0.25, 0.3) is 5.91 Å². The lowest BCUT2D eigenvalue weighted by Crippen LogP contribution is -2.24. The third-order valence-corrected chi connectivity index (χ3v) is 3.84. The van der Waals surface area contributed by atoms with Gasteiger partial charge in [-0.15, -0.1) is 0 Å². The number of amides is 1. The molecule has 0 radical (unpaired) electrons. The number of halogens is 1. The minimum atomic E-state index is -0.117. The zero-order chi connectivity index (χ0) is 13.7. The Kier molecular flexibility index (Phi) is 4.82. The quantitative estimate of drug-likeness (QED) is 0.656. The molecule has 0 aliphatic heterocycles. The summed E-state index contributed by atoms with van der Waals surface area (Å²) in [4.78, 5) is 11.9. The molecule has 2 aromatic rings. The van der Waals surface area contributed by atoms with Crippen molar-refractivity contribution < 1.29 is 4.79 Å². The minimum Gasteiger partial charge on any atom is -0.398 e. The van der Waals surface area contributed by atoms with E-state index in [2.05, 4.69) is 22.1 Å². The number of nitrogens with two attached hydrogens (primary N) is 1. The van der Waals surface area contributed by atoms with Crippen LogP contribution in [0.1, 0.15) is 22.3 Å². The Morgan fingerprint density at radius 1 is 1.37 bits per heavy atom. The summed E-state index contributed by atoms with van der Waals surface area (Å²) in [5.74, 6) is -0.117. The number of carbonyl (C=O) groups is 1. The van der Waals surface area contributed by atoms with Crippen molar-refractivity contribution in [2.75, 3.05) is 12.3 Å². The molecule has 1 aromatic carbocycles. The molecule has 0 atom stereocenters. The molecule has 0 aliphatic carbocycles. The lowest BCUT2D eigenvalue weighted by molar-refractivity contribution is 0.0953. The van der Waals surface area contributed by atoms with Gasteiger partial charge in [0, 0.05) is 12.1 Å². The summed E-state index contributed by atoms with van der Waals surface area (Å²) in [6.07, 6.45) is 1.90. The standard InChI is InChI=1S/C14H15ClN2OS/c15-12-4-3-11(8-13(12)16)14(18)17-6-1-2-10-5-7-19-9-10/h3-5,7-9H,1-2,6,16H2,(H,17,18). The predicted octanol–water partition coefficient (Wildman–Crippen LogP) is 3.35. The largest absolute Gasteiger partial charge is 0.398 e. The lowest BCUT2D eigenvalue weighted by Gasteiger charge is -2.06. The van der Waals surface area contributed by atoms with Crippen LogP contribution in [0, 0.1) is 0 Å². The van der Waals surface area contributed by atoms with E-state index in [1.807, 2.05) is 0 Å². The third kappa shape index (κ3) is 3.98. The molecule has 0 spiro atoms. The maximum atomic E-state index is 11.9. The normalized spacial score (nSPS) is 10.4. The van der Waals surface area contributed by atoms with E-state index in [1.54, 1.807) is 29.5 Å². The van der Waals surface area contributed by atoms with E-state index in [0.717, 1.165) is 12.8 Å². The minimum absolute atomic E-state index is 0.117. The first-order chi connectivity index (χ1) is 9.16. The van der Waals surface area contributed by atoms with E-state index in [-0.39, 0.29) is 5.91 Å². The Morgan fingerprint density at radius 3 is 2.89 bits per heavy atom. The van der Waals surface area contributed by atoms with Crippen molar-refractivity contribution in [3.05, 3.63) is 51.2 Å². The van der Waals surface area contributed by atoms with Gasteiger partial charge in [0.15, 0.2) is 0 Å². The summed E-state index contributed by atoms with van der Waals surface area (Å²) in [7, 11) is 0. The molecule has 0 fully saturated rings.